The smallest absolute Gasteiger partial charge is 0.383 e. The van der Waals surface area contributed by atoms with E-state index in [0.717, 1.165) is 67.0 Å². The average molecular weight is 417 g/mol. The number of methoxy groups -OCH3 is 1. The van der Waals surface area contributed by atoms with Gasteiger partial charge in [-0.15, -0.1) is 0 Å². The van der Waals surface area contributed by atoms with Gasteiger partial charge < -0.3 is 14.6 Å². The van der Waals surface area contributed by atoms with Crippen LogP contribution in [-0.2, 0) is 30.4 Å². The number of hydrogen-bond acceptors (Lipinski definition) is 3. The summed E-state index contributed by atoms with van der Waals surface area (Å²) in [7, 11) is 1.69. The number of hydrogen-bond donors (Lipinski definition) is 1. The largest absolute Gasteiger partial charge is 0.416 e. The first-order valence-corrected chi connectivity index (χ1v) is 9.92. The van der Waals surface area contributed by atoms with Gasteiger partial charge in [0, 0.05) is 26.4 Å². The summed E-state index contributed by atoms with van der Waals surface area (Å²) in [6, 6.07) is 13.1. The Kier molecular flexibility index (Phi) is 7.65. The monoisotopic (exact) mass is 417 g/mol. The summed E-state index contributed by atoms with van der Waals surface area (Å²) in [4.78, 5) is 4.40. The highest BCUT2D eigenvalue weighted by Gasteiger charge is 2.29. The minimum atomic E-state index is -4.31. The number of nitrogens with one attached hydrogen (secondary N) is 1. The van der Waals surface area contributed by atoms with Crippen molar-refractivity contribution < 1.29 is 17.9 Å². The van der Waals surface area contributed by atoms with Crippen LogP contribution in [0, 0.1) is 0 Å². The normalized spacial score (nSPS) is 11.7. The van der Waals surface area contributed by atoms with Crippen molar-refractivity contribution in [3.05, 3.63) is 77.9 Å². The molecule has 2 aromatic carbocycles. The Hall–Kier alpha value is -2.64. The van der Waals surface area contributed by atoms with E-state index in [1.807, 2.05) is 35.2 Å². The predicted molar refractivity (Wildman–Crippen MR) is 111 cm³/mol. The highest BCUT2D eigenvalue weighted by Crippen LogP contribution is 2.31. The first kappa shape index (κ1) is 22.1. The van der Waals surface area contributed by atoms with Gasteiger partial charge in [-0.05, 0) is 48.2 Å². The molecule has 3 rings (SSSR count). The Morgan fingerprint density at radius 2 is 1.67 bits per heavy atom. The van der Waals surface area contributed by atoms with Crippen molar-refractivity contribution >= 4 is 0 Å². The standard InChI is InChI=1S/C23H26F3N3O/c1-30-14-13-29-16-22(28-17-29)3-2-12-27-15-18-4-6-19(7-5-18)20-8-10-21(11-9-20)23(24,25)26/h4-11,16-17,27H,2-3,12-15H2,1H3. The Bertz CT molecular complexity index is 903. The molecule has 0 saturated carbocycles. The topological polar surface area (TPSA) is 39.1 Å². The second-order valence-corrected chi connectivity index (χ2v) is 7.15. The quantitative estimate of drug-likeness (QED) is 0.475. The van der Waals surface area contributed by atoms with Crippen LogP contribution in [0.4, 0.5) is 13.2 Å². The lowest BCUT2D eigenvalue weighted by Crippen LogP contribution is -2.15. The van der Waals surface area contributed by atoms with Gasteiger partial charge in [-0.1, -0.05) is 36.4 Å². The molecular formula is C23H26F3N3O. The van der Waals surface area contributed by atoms with Gasteiger partial charge in [0.15, 0.2) is 0 Å². The van der Waals surface area contributed by atoms with E-state index >= 15 is 0 Å². The molecule has 0 aliphatic heterocycles. The van der Waals surface area contributed by atoms with E-state index in [1.54, 1.807) is 7.11 Å². The number of rotatable bonds is 10. The van der Waals surface area contributed by atoms with Crippen LogP contribution in [0.2, 0.25) is 0 Å². The van der Waals surface area contributed by atoms with Gasteiger partial charge in [0.25, 0.3) is 0 Å². The molecule has 30 heavy (non-hydrogen) atoms. The first-order chi connectivity index (χ1) is 14.5. The first-order valence-electron chi connectivity index (χ1n) is 9.92. The lowest BCUT2D eigenvalue weighted by atomic mass is 10.0. The molecule has 0 atom stereocenters. The van der Waals surface area contributed by atoms with Crippen LogP contribution >= 0.6 is 0 Å². The highest BCUT2D eigenvalue weighted by molar-refractivity contribution is 5.64. The number of benzene rings is 2. The Balaban J connectivity index is 1.41. The number of aromatic nitrogens is 2. The fourth-order valence-electron chi connectivity index (χ4n) is 3.15. The van der Waals surface area contributed by atoms with Gasteiger partial charge in [-0.25, -0.2) is 4.98 Å². The van der Waals surface area contributed by atoms with Crippen molar-refractivity contribution in [3.63, 3.8) is 0 Å². The fraction of sp³-hybridized carbons (Fsp3) is 0.348. The molecule has 0 saturated heterocycles. The molecule has 0 unspecified atom stereocenters. The average Bonchev–Trinajstić information content (AvgIpc) is 3.19. The summed E-state index contributed by atoms with van der Waals surface area (Å²) in [6.07, 6.45) is 1.49. The van der Waals surface area contributed by atoms with Crippen LogP contribution in [0.1, 0.15) is 23.2 Å². The number of alkyl halides is 3. The maximum absolute atomic E-state index is 12.7. The molecule has 0 amide bonds. The van der Waals surface area contributed by atoms with Gasteiger partial charge in [0.2, 0.25) is 0 Å². The zero-order chi connectivity index (χ0) is 21.4. The maximum atomic E-state index is 12.7. The molecule has 0 aliphatic carbocycles. The molecule has 0 aliphatic rings. The van der Waals surface area contributed by atoms with Crippen molar-refractivity contribution in [2.45, 2.75) is 32.1 Å². The second kappa shape index (κ2) is 10.4. The third kappa shape index (κ3) is 6.43. The summed E-state index contributed by atoms with van der Waals surface area (Å²) in [5.74, 6) is 0. The third-order valence-electron chi connectivity index (χ3n) is 4.86. The number of imidazole rings is 1. The predicted octanol–water partition coefficient (Wildman–Crippen LogP) is 4.94. The Morgan fingerprint density at radius 3 is 2.30 bits per heavy atom. The van der Waals surface area contributed by atoms with Gasteiger partial charge in [-0.2, -0.15) is 13.2 Å². The van der Waals surface area contributed by atoms with Crippen LogP contribution in [-0.4, -0.2) is 29.8 Å². The summed E-state index contributed by atoms with van der Waals surface area (Å²) < 4.78 is 45.1. The minimum Gasteiger partial charge on any atom is -0.383 e. The van der Waals surface area contributed by atoms with Crippen molar-refractivity contribution in [2.75, 3.05) is 20.3 Å². The maximum Gasteiger partial charge on any atom is 0.416 e. The van der Waals surface area contributed by atoms with Crippen LogP contribution < -0.4 is 5.32 Å². The van der Waals surface area contributed by atoms with Crippen molar-refractivity contribution in [1.29, 1.82) is 0 Å². The lowest BCUT2D eigenvalue weighted by molar-refractivity contribution is -0.137. The molecule has 160 valence electrons. The van der Waals surface area contributed by atoms with Crippen molar-refractivity contribution in [1.82, 2.24) is 14.9 Å². The van der Waals surface area contributed by atoms with E-state index in [-0.39, 0.29) is 0 Å². The molecule has 3 aromatic rings. The van der Waals surface area contributed by atoms with E-state index in [4.69, 9.17) is 4.74 Å². The van der Waals surface area contributed by atoms with E-state index in [0.29, 0.717) is 6.61 Å². The van der Waals surface area contributed by atoms with Gasteiger partial charge in [0.1, 0.15) is 0 Å². The summed E-state index contributed by atoms with van der Waals surface area (Å²) in [5.41, 5.74) is 3.25. The Labute approximate surface area is 174 Å². The number of ether oxygens (including phenoxy) is 1. The zero-order valence-corrected chi connectivity index (χ0v) is 17.0. The lowest BCUT2D eigenvalue weighted by Gasteiger charge is -2.09. The van der Waals surface area contributed by atoms with Gasteiger partial charge in [-0.3, -0.25) is 0 Å². The third-order valence-corrected chi connectivity index (χ3v) is 4.86. The molecule has 4 nitrogen and oxygen atoms in total. The zero-order valence-electron chi connectivity index (χ0n) is 17.0. The van der Waals surface area contributed by atoms with Crippen molar-refractivity contribution in [3.8, 4) is 11.1 Å². The molecule has 0 radical (unpaired) electrons. The van der Waals surface area contributed by atoms with Crippen LogP contribution in [0.3, 0.4) is 0 Å². The molecule has 7 heteroatoms. The molecule has 1 aromatic heterocycles. The minimum absolute atomic E-state index is 0.631. The summed E-state index contributed by atoms with van der Waals surface area (Å²) in [5, 5.41) is 3.42. The summed E-state index contributed by atoms with van der Waals surface area (Å²) in [6.45, 7) is 3.11. The second-order valence-electron chi connectivity index (χ2n) is 7.15. The number of aryl methyl sites for hydroxylation is 1. The molecule has 1 heterocycles. The molecule has 1 N–H and O–H groups in total. The highest BCUT2D eigenvalue weighted by atomic mass is 19.4. The van der Waals surface area contributed by atoms with Crippen LogP contribution in [0.25, 0.3) is 11.1 Å². The van der Waals surface area contributed by atoms with Crippen LogP contribution in [0.5, 0.6) is 0 Å². The molecule has 0 bridgehead atoms. The van der Waals surface area contributed by atoms with Gasteiger partial charge >= 0.3 is 6.18 Å². The molecular weight excluding hydrogens is 391 g/mol. The van der Waals surface area contributed by atoms with E-state index in [1.165, 1.54) is 12.1 Å². The van der Waals surface area contributed by atoms with Crippen molar-refractivity contribution in [2.24, 2.45) is 0 Å². The van der Waals surface area contributed by atoms with Crippen LogP contribution in [0.15, 0.2) is 61.1 Å². The SMILES string of the molecule is COCCn1cnc(CCCNCc2ccc(-c3ccc(C(F)(F)F)cc3)cc2)c1. The molecule has 0 spiro atoms. The summed E-state index contributed by atoms with van der Waals surface area (Å²) >= 11 is 0. The van der Waals surface area contributed by atoms with E-state index in [9.17, 15) is 13.2 Å². The number of nitrogens with zero attached hydrogens (tertiary/aromatic N) is 2. The Morgan fingerprint density at radius 1 is 1.00 bits per heavy atom. The number of halogens is 3. The van der Waals surface area contributed by atoms with E-state index in [2.05, 4.69) is 16.5 Å². The molecule has 0 fully saturated rings. The fourth-order valence-corrected chi connectivity index (χ4v) is 3.15. The van der Waals surface area contributed by atoms with Gasteiger partial charge in [0.05, 0.1) is 24.2 Å². The van der Waals surface area contributed by atoms with E-state index < -0.39 is 11.7 Å².